The van der Waals surface area contributed by atoms with E-state index in [1.54, 1.807) is 0 Å². The summed E-state index contributed by atoms with van der Waals surface area (Å²) in [4.78, 5) is 11.8. The van der Waals surface area contributed by atoms with E-state index in [0.29, 0.717) is 0 Å². The third kappa shape index (κ3) is 4.09. The average molecular weight is 278 g/mol. The van der Waals surface area contributed by atoms with Gasteiger partial charge in [-0.2, -0.15) is 0 Å². The van der Waals surface area contributed by atoms with Gasteiger partial charge in [-0.05, 0) is 20.3 Å². The normalized spacial score (nSPS) is 11.6. The van der Waals surface area contributed by atoms with Crippen LogP contribution >= 0.6 is 0 Å². The number of aromatic nitrogens is 2. The maximum atomic E-state index is 4.81. The van der Waals surface area contributed by atoms with Crippen LogP contribution in [-0.2, 0) is 5.41 Å². The van der Waals surface area contributed by atoms with Crippen molar-refractivity contribution in [1.29, 1.82) is 0 Å². The molecular weight excluding hydrogens is 248 g/mol. The summed E-state index contributed by atoms with van der Waals surface area (Å²) in [5.74, 6) is 2.91. The quantitative estimate of drug-likeness (QED) is 0.860. The van der Waals surface area contributed by atoms with Gasteiger partial charge in [-0.25, -0.2) is 9.97 Å². The topological polar surface area (TPSA) is 41.1 Å². The Labute approximate surface area is 124 Å². The van der Waals surface area contributed by atoms with Crippen LogP contribution in [0.1, 0.15) is 58.8 Å². The van der Waals surface area contributed by atoms with Gasteiger partial charge >= 0.3 is 0 Å². The lowest BCUT2D eigenvalue weighted by atomic mass is 9.95. The van der Waals surface area contributed by atoms with Crippen LogP contribution in [-0.4, -0.2) is 30.1 Å². The van der Waals surface area contributed by atoms with Crippen molar-refractivity contribution < 1.29 is 0 Å². The highest BCUT2D eigenvalue weighted by molar-refractivity contribution is 5.58. The van der Waals surface area contributed by atoms with E-state index in [1.165, 1.54) is 12.8 Å². The highest BCUT2D eigenvalue weighted by atomic mass is 15.2. The van der Waals surface area contributed by atoms with Gasteiger partial charge < -0.3 is 10.2 Å². The van der Waals surface area contributed by atoms with Crippen molar-refractivity contribution >= 4 is 11.6 Å². The van der Waals surface area contributed by atoms with E-state index >= 15 is 0 Å². The highest BCUT2D eigenvalue weighted by Gasteiger charge is 2.22. The van der Waals surface area contributed by atoms with E-state index < -0.39 is 0 Å². The minimum Gasteiger partial charge on any atom is -0.370 e. The Morgan fingerprint density at radius 2 is 1.80 bits per heavy atom. The Hall–Kier alpha value is -1.32. The Balaban J connectivity index is 3.23. The molecule has 0 unspecified atom stereocenters. The summed E-state index contributed by atoms with van der Waals surface area (Å²) < 4.78 is 0. The number of hydrogen-bond acceptors (Lipinski definition) is 4. The number of rotatable bonds is 6. The minimum atomic E-state index is -0.0434. The van der Waals surface area contributed by atoms with Crippen LogP contribution in [0.4, 0.5) is 11.6 Å². The Morgan fingerprint density at radius 3 is 2.30 bits per heavy atom. The van der Waals surface area contributed by atoms with Crippen molar-refractivity contribution in [2.45, 2.75) is 59.8 Å². The molecule has 0 saturated carbocycles. The third-order valence-corrected chi connectivity index (χ3v) is 3.34. The molecule has 0 aliphatic heterocycles. The van der Waals surface area contributed by atoms with E-state index in [-0.39, 0.29) is 5.41 Å². The maximum absolute atomic E-state index is 4.81. The first-order valence-electron chi connectivity index (χ1n) is 7.65. The summed E-state index contributed by atoms with van der Waals surface area (Å²) in [7, 11) is 2.12. The summed E-state index contributed by atoms with van der Waals surface area (Å²) in [6.45, 7) is 14.8. The molecule has 0 fully saturated rings. The van der Waals surface area contributed by atoms with Gasteiger partial charge in [0.25, 0.3) is 0 Å². The summed E-state index contributed by atoms with van der Waals surface area (Å²) in [6.07, 6.45) is 2.38. The lowest BCUT2D eigenvalue weighted by Gasteiger charge is -2.25. The fourth-order valence-corrected chi connectivity index (χ4v) is 2.05. The minimum absolute atomic E-state index is 0.0434. The third-order valence-electron chi connectivity index (χ3n) is 3.34. The number of nitrogens with one attached hydrogen (secondary N) is 1. The second-order valence-corrected chi connectivity index (χ2v) is 6.40. The second-order valence-electron chi connectivity index (χ2n) is 6.40. The molecule has 4 heteroatoms. The van der Waals surface area contributed by atoms with Gasteiger partial charge in [-0.1, -0.05) is 34.1 Å². The van der Waals surface area contributed by atoms with Crippen molar-refractivity contribution in [3.63, 3.8) is 0 Å². The summed E-state index contributed by atoms with van der Waals surface area (Å²) in [5, 5.41) is 3.36. The van der Waals surface area contributed by atoms with Crippen LogP contribution in [0, 0.1) is 6.92 Å². The SMILES string of the molecule is CCCCN(C)c1nc(C(C)(C)C)nc(NCC)c1C. The summed E-state index contributed by atoms with van der Waals surface area (Å²) >= 11 is 0. The van der Waals surface area contributed by atoms with Gasteiger partial charge in [-0.3, -0.25) is 0 Å². The molecule has 114 valence electrons. The molecule has 1 heterocycles. The van der Waals surface area contributed by atoms with E-state index in [1.807, 2.05) is 0 Å². The smallest absolute Gasteiger partial charge is 0.138 e. The molecule has 0 aliphatic carbocycles. The standard InChI is InChI=1S/C16H30N4/c1-8-10-11-20(7)14-12(3)13(17-9-2)18-15(19-14)16(4,5)6/h8-11H2,1-7H3,(H,17,18,19). The lowest BCUT2D eigenvalue weighted by molar-refractivity contribution is 0.544. The van der Waals surface area contributed by atoms with E-state index in [0.717, 1.165) is 36.1 Å². The Morgan fingerprint density at radius 1 is 1.15 bits per heavy atom. The molecule has 0 spiro atoms. The zero-order chi connectivity index (χ0) is 15.3. The van der Waals surface area contributed by atoms with Gasteiger partial charge in [0.05, 0.1) is 0 Å². The molecule has 0 aromatic carbocycles. The highest BCUT2D eigenvalue weighted by Crippen LogP contribution is 2.28. The first kappa shape index (κ1) is 16.7. The van der Waals surface area contributed by atoms with Crippen molar-refractivity contribution in [3.05, 3.63) is 11.4 Å². The molecule has 1 rings (SSSR count). The molecule has 0 amide bonds. The van der Waals surface area contributed by atoms with Crippen molar-refractivity contribution in [2.75, 3.05) is 30.4 Å². The number of anilines is 2. The van der Waals surface area contributed by atoms with E-state index in [4.69, 9.17) is 9.97 Å². The fraction of sp³-hybridized carbons (Fsp3) is 0.750. The second kappa shape index (κ2) is 6.91. The van der Waals surface area contributed by atoms with E-state index in [2.05, 4.69) is 58.8 Å². The molecule has 0 aliphatic rings. The predicted octanol–water partition coefficient (Wildman–Crippen LogP) is 3.75. The first-order chi connectivity index (χ1) is 9.31. The maximum Gasteiger partial charge on any atom is 0.138 e. The summed E-state index contributed by atoms with van der Waals surface area (Å²) in [5.41, 5.74) is 1.09. The van der Waals surface area contributed by atoms with Crippen LogP contribution in [0.3, 0.4) is 0 Å². The van der Waals surface area contributed by atoms with Crippen LogP contribution < -0.4 is 10.2 Å². The molecule has 0 saturated heterocycles. The Bertz CT molecular complexity index is 435. The van der Waals surface area contributed by atoms with Gasteiger partial charge in [-0.15, -0.1) is 0 Å². The molecule has 1 N–H and O–H groups in total. The molecule has 1 aromatic rings. The summed E-state index contributed by atoms with van der Waals surface area (Å²) in [6, 6.07) is 0. The van der Waals surface area contributed by atoms with Crippen LogP contribution in [0.25, 0.3) is 0 Å². The number of unbranched alkanes of at least 4 members (excludes halogenated alkanes) is 1. The van der Waals surface area contributed by atoms with Crippen molar-refractivity contribution in [3.8, 4) is 0 Å². The number of nitrogens with zero attached hydrogens (tertiary/aromatic N) is 3. The van der Waals surface area contributed by atoms with Crippen molar-refractivity contribution in [1.82, 2.24) is 9.97 Å². The molecule has 0 atom stereocenters. The van der Waals surface area contributed by atoms with Gasteiger partial charge in [0.2, 0.25) is 0 Å². The van der Waals surface area contributed by atoms with Gasteiger partial charge in [0, 0.05) is 31.1 Å². The molecule has 20 heavy (non-hydrogen) atoms. The van der Waals surface area contributed by atoms with Crippen molar-refractivity contribution in [2.24, 2.45) is 0 Å². The first-order valence-corrected chi connectivity index (χ1v) is 7.65. The molecule has 1 aromatic heterocycles. The monoisotopic (exact) mass is 278 g/mol. The van der Waals surface area contributed by atoms with Gasteiger partial charge in [0.1, 0.15) is 17.5 Å². The number of hydrogen-bond donors (Lipinski definition) is 1. The van der Waals surface area contributed by atoms with Gasteiger partial charge in [0.15, 0.2) is 0 Å². The molecule has 4 nitrogen and oxygen atoms in total. The fourth-order valence-electron chi connectivity index (χ4n) is 2.05. The zero-order valence-electron chi connectivity index (χ0n) is 14.2. The largest absolute Gasteiger partial charge is 0.370 e. The van der Waals surface area contributed by atoms with Crippen LogP contribution in [0.5, 0.6) is 0 Å². The lowest BCUT2D eigenvalue weighted by Crippen LogP contribution is -2.25. The predicted molar refractivity (Wildman–Crippen MR) is 87.8 cm³/mol. The van der Waals surface area contributed by atoms with Crippen LogP contribution in [0.2, 0.25) is 0 Å². The van der Waals surface area contributed by atoms with Crippen LogP contribution in [0.15, 0.2) is 0 Å². The molecular formula is C16H30N4. The molecule has 0 bridgehead atoms. The zero-order valence-corrected chi connectivity index (χ0v) is 14.2. The average Bonchev–Trinajstić information content (AvgIpc) is 2.37. The molecule has 0 radical (unpaired) electrons. The van der Waals surface area contributed by atoms with E-state index in [9.17, 15) is 0 Å². The Kier molecular flexibility index (Phi) is 5.78.